The SMILES string of the molecule is CCC(=O)Oc1ccc(O)c(O)c1. The maximum Gasteiger partial charge on any atom is 0.310 e. The predicted molar refractivity (Wildman–Crippen MR) is 45.7 cm³/mol. The van der Waals surface area contributed by atoms with Crippen molar-refractivity contribution in [2.75, 3.05) is 0 Å². The summed E-state index contributed by atoms with van der Waals surface area (Å²) in [7, 11) is 0. The Balaban J connectivity index is 2.79. The summed E-state index contributed by atoms with van der Waals surface area (Å²) in [4.78, 5) is 10.8. The van der Waals surface area contributed by atoms with Gasteiger partial charge < -0.3 is 14.9 Å². The number of phenols is 2. The van der Waals surface area contributed by atoms with Crippen LogP contribution in [0.3, 0.4) is 0 Å². The lowest BCUT2D eigenvalue weighted by Gasteiger charge is -2.03. The Morgan fingerprint density at radius 3 is 2.62 bits per heavy atom. The number of carbonyl (C=O) groups is 1. The topological polar surface area (TPSA) is 66.8 Å². The molecule has 70 valence electrons. The van der Waals surface area contributed by atoms with Gasteiger partial charge in [-0.05, 0) is 12.1 Å². The number of carbonyl (C=O) groups excluding carboxylic acids is 1. The lowest BCUT2D eigenvalue weighted by molar-refractivity contribution is -0.134. The van der Waals surface area contributed by atoms with Gasteiger partial charge in [-0.15, -0.1) is 0 Å². The van der Waals surface area contributed by atoms with E-state index in [0.29, 0.717) is 0 Å². The van der Waals surface area contributed by atoms with Crippen LogP contribution in [0.15, 0.2) is 18.2 Å². The molecule has 0 heterocycles. The van der Waals surface area contributed by atoms with E-state index >= 15 is 0 Å². The van der Waals surface area contributed by atoms with Gasteiger partial charge in [-0.1, -0.05) is 6.92 Å². The molecule has 2 N–H and O–H groups in total. The largest absolute Gasteiger partial charge is 0.504 e. The van der Waals surface area contributed by atoms with Crippen LogP contribution < -0.4 is 4.74 Å². The van der Waals surface area contributed by atoms with Crippen LogP contribution in [-0.2, 0) is 4.79 Å². The molecular weight excluding hydrogens is 172 g/mol. The van der Waals surface area contributed by atoms with Crippen molar-refractivity contribution in [3.05, 3.63) is 18.2 Å². The van der Waals surface area contributed by atoms with Crippen LogP contribution in [-0.4, -0.2) is 16.2 Å². The molecule has 4 heteroatoms. The Hall–Kier alpha value is -1.71. The third-order valence-corrected chi connectivity index (χ3v) is 1.47. The molecule has 0 aliphatic heterocycles. The van der Waals surface area contributed by atoms with Crippen molar-refractivity contribution in [1.82, 2.24) is 0 Å². The highest BCUT2D eigenvalue weighted by Crippen LogP contribution is 2.28. The van der Waals surface area contributed by atoms with Crippen molar-refractivity contribution in [3.8, 4) is 17.2 Å². The number of esters is 1. The van der Waals surface area contributed by atoms with Gasteiger partial charge in [0.2, 0.25) is 0 Å². The molecule has 0 aliphatic carbocycles. The van der Waals surface area contributed by atoms with Crippen LogP contribution in [0, 0.1) is 0 Å². The fraction of sp³-hybridized carbons (Fsp3) is 0.222. The zero-order valence-electron chi connectivity index (χ0n) is 7.15. The maximum absolute atomic E-state index is 10.8. The van der Waals surface area contributed by atoms with E-state index in [-0.39, 0.29) is 29.6 Å². The molecule has 0 aromatic heterocycles. The first-order valence-corrected chi connectivity index (χ1v) is 3.86. The summed E-state index contributed by atoms with van der Waals surface area (Å²) in [6.45, 7) is 1.67. The number of rotatable bonds is 2. The molecule has 4 nitrogen and oxygen atoms in total. The van der Waals surface area contributed by atoms with E-state index in [0.717, 1.165) is 0 Å². The fourth-order valence-corrected chi connectivity index (χ4v) is 0.770. The van der Waals surface area contributed by atoms with Crippen LogP contribution in [0.2, 0.25) is 0 Å². The monoisotopic (exact) mass is 182 g/mol. The first-order chi connectivity index (χ1) is 6.13. The zero-order chi connectivity index (χ0) is 9.84. The standard InChI is InChI=1S/C9H10O4/c1-2-9(12)13-6-3-4-7(10)8(11)5-6/h3-5,10-11H,2H2,1H3. The van der Waals surface area contributed by atoms with Gasteiger partial charge in [-0.3, -0.25) is 4.79 Å². The average Bonchev–Trinajstić information content (AvgIpc) is 2.11. The highest BCUT2D eigenvalue weighted by Gasteiger charge is 2.04. The molecule has 0 atom stereocenters. The second kappa shape index (κ2) is 3.80. The minimum Gasteiger partial charge on any atom is -0.504 e. The Labute approximate surface area is 75.4 Å². The second-order valence-electron chi connectivity index (χ2n) is 2.48. The van der Waals surface area contributed by atoms with Crippen LogP contribution in [0.4, 0.5) is 0 Å². The summed E-state index contributed by atoms with van der Waals surface area (Å²) >= 11 is 0. The van der Waals surface area contributed by atoms with Crippen LogP contribution in [0.5, 0.6) is 17.2 Å². The third-order valence-electron chi connectivity index (χ3n) is 1.47. The Morgan fingerprint density at radius 1 is 1.38 bits per heavy atom. The average molecular weight is 182 g/mol. The van der Waals surface area contributed by atoms with Crippen molar-refractivity contribution in [2.24, 2.45) is 0 Å². The highest BCUT2D eigenvalue weighted by molar-refractivity contribution is 5.72. The molecule has 0 fully saturated rings. The summed E-state index contributed by atoms with van der Waals surface area (Å²) in [5.74, 6) is -0.704. The molecule has 1 aromatic rings. The quantitative estimate of drug-likeness (QED) is 0.412. The van der Waals surface area contributed by atoms with Gasteiger partial charge in [0.15, 0.2) is 11.5 Å². The molecule has 0 saturated carbocycles. The number of phenolic OH excluding ortho intramolecular Hbond substituents is 2. The van der Waals surface area contributed by atoms with Crippen molar-refractivity contribution in [3.63, 3.8) is 0 Å². The normalized spacial score (nSPS) is 9.62. The lowest BCUT2D eigenvalue weighted by Crippen LogP contribution is -2.05. The molecule has 13 heavy (non-hydrogen) atoms. The van der Waals surface area contributed by atoms with E-state index in [2.05, 4.69) is 0 Å². The smallest absolute Gasteiger partial charge is 0.310 e. The number of benzene rings is 1. The van der Waals surface area contributed by atoms with Crippen molar-refractivity contribution < 1.29 is 19.7 Å². The van der Waals surface area contributed by atoms with Gasteiger partial charge in [0.25, 0.3) is 0 Å². The molecule has 0 spiro atoms. The van der Waals surface area contributed by atoms with Crippen LogP contribution in [0.25, 0.3) is 0 Å². The summed E-state index contributed by atoms with van der Waals surface area (Å²) < 4.78 is 4.79. The van der Waals surface area contributed by atoms with E-state index in [9.17, 15) is 4.79 Å². The van der Waals surface area contributed by atoms with E-state index in [4.69, 9.17) is 14.9 Å². The fourth-order valence-electron chi connectivity index (χ4n) is 0.770. The van der Waals surface area contributed by atoms with Gasteiger partial charge in [0, 0.05) is 12.5 Å². The first-order valence-electron chi connectivity index (χ1n) is 3.86. The number of ether oxygens (including phenoxy) is 1. The Bertz CT molecular complexity index is 319. The van der Waals surface area contributed by atoms with Gasteiger partial charge >= 0.3 is 5.97 Å². The van der Waals surface area contributed by atoms with Gasteiger partial charge in [-0.25, -0.2) is 0 Å². The summed E-state index contributed by atoms with van der Waals surface area (Å²) in [5, 5.41) is 18.0. The molecule has 0 saturated heterocycles. The molecule has 0 aliphatic rings. The first kappa shape index (κ1) is 9.38. The van der Waals surface area contributed by atoms with Crippen molar-refractivity contribution >= 4 is 5.97 Å². The van der Waals surface area contributed by atoms with Gasteiger partial charge in [0.1, 0.15) is 5.75 Å². The number of aromatic hydroxyl groups is 2. The molecule has 1 rings (SSSR count). The Morgan fingerprint density at radius 2 is 2.08 bits per heavy atom. The van der Waals surface area contributed by atoms with Crippen molar-refractivity contribution in [2.45, 2.75) is 13.3 Å². The van der Waals surface area contributed by atoms with Gasteiger partial charge in [0.05, 0.1) is 0 Å². The van der Waals surface area contributed by atoms with Gasteiger partial charge in [-0.2, -0.15) is 0 Å². The third kappa shape index (κ3) is 2.37. The van der Waals surface area contributed by atoms with Crippen LogP contribution in [0.1, 0.15) is 13.3 Å². The molecule has 0 amide bonds. The molecule has 0 bridgehead atoms. The Kier molecular flexibility index (Phi) is 2.74. The minimum atomic E-state index is -0.384. The van der Waals surface area contributed by atoms with Crippen molar-refractivity contribution in [1.29, 1.82) is 0 Å². The number of hydrogen-bond acceptors (Lipinski definition) is 4. The molecular formula is C9H10O4. The number of hydrogen-bond donors (Lipinski definition) is 2. The maximum atomic E-state index is 10.8. The highest BCUT2D eigenvalue weighted by atomic mass is 16.5. The van der Waals surface area contributed by atoms with E-state index in [1.54, 1.807) is 6.92 Å². The molecule has 0 radical (unpaired) electrons. The second-order valence-corrected chi connectivity index (χ2v) is 2.48. The van der Waals surface area contributed by atoms with E-state index in [1.165, 1.54) is 18.2 Å². The molecule has 0 unspecified atom stereocenters. The summed E-state index contributed by atoms with van der Waals surface area (Å²) in [5.41, 5.74) is 0. The molecule has 1 aromatic carbocycles. The minimum absolute atomic E-state index is 0.224. The lowest BCUT2D eigenvalue weighted by atomic mass is 10.3. The van der Waals surface area contributed by atoms with Crippen LogP contribution >= 0.6 is 0 Å². The zero-order valence-corrected chi connectivity index (χ0v) is 7.15. The van der Waals surface area contributed by atoms with E-state index in [1.807, 2.05) is 0 Å². The van der Waals surface area contributed by atoms with E-state index < -0.39 is 0 Å². The predicted octanol–water partition coefficient (Wildman–Crippen LogP) is 1.41. The summed E-state index contributed by atoms with van der Waals surface area (Å²) in [6, 6.07) is 3.85. The summed E-state index contributed by atoms with van der Waals surface area (Å²) in [6.07, 6.45) is 0.266.